The molecule has 30 heavy (non-hydrogen) atoms. The Morgan fingerprint density at radius 2 is 1.97 bits per heavy atom. The average Bonchev–Trinajstić information content (AvgIpc) is 3.18. The molecule has 1 aromatic heterocycles. The maximum Gasteiger partial charge on any atom is 0.263 e. The van der Waals surface area contributed by atoms with E-state index in [9.17, 15) is 4.79 Å². The minimum atomic E-state index is -0.00957. The SMILES string of the molecule is COc1ccc(-c2nc(C)c(C(=O)NCC3CCCN4CCCCC34)s2)cc1OC. The number of hydrogen-bond acceptors (Lipinski definition) is 6. The number of carbonyl (C=O) groups is 1. The van der Waals surface area contributed by atoms with Crippen LogP contribution in [0.25, 0.3) is 10.6 Å². The van der Waals surface area contributed by atoms with Gasteiger partial charge in [-0.1, -0.05) is 6.42 Å². The van der Waals surface area contributed by atoms with E-state index in [1.165, 1.54) is 56.5 Å². The van der Waals surface area contributed by atoms with Crippen molar-refractivity contribution in [3.05, 3.63) is 28.8 Å². The second kappa shape index (κ2) is 9.35. The van der Waals surface area contributed by atoms with Gasteiger partial charge in [0.2, 0.25) is 0 Å². The summed E-state index contributed by atoms with van der Waals surface area (Å²) >= 11 is 1.43. The maximum atomic E-state index is 12.9. The van der Waals surface area contributed by atoms with Gasteiger partial charge in [0, 0.05) is 18.2 Å². The van der Waals surface area contributed by atoms with Crippen molar-refractivity contribution in [2.45, 2.75) is 45.1 Å². The number of carbonyl (C=O) groups excluding carboxylic acids is 1. The van der Waals surface area contributed by atoms with E-state index < -0.39 is 0 Å². The summed E-state index contributed by atoms with van der Waals surface area (Å²) in [5.41, 5.74) is 1.69. The Bertz CT molecular complexity index is 896. The molecular weight excluding hydrogens is 398 g/mol. The topological polar surface area (TPSA) is 63.7 Å². The monoisotopic (exact) mass is 429 g/mol. The maximum absolute atomic E-state index is 12.9. The molecule has 162 valence electrons. The molecule has 2 unspecified atom stereocenters. The van der Waals surface area contributed by atoms with E-state index in [4.69, 9.17) is 9.47 Å². The summed E-state index contributed by atoms with van der Waals surface area (Å²) in [6.07, 6.45) is 6.34. The van der Waals surface area contributed by atoms with Crippen molar-refractivity contribution in [3.8, 4) is 22.1 Å². The first-order valence-electron chi connectivity index (χ1n) is 10.8. The van der Waals surface area contributed by atoms with Gasteiger partial charge in [-0.15, -0.1) is 11.3 Å². The first-order chi connectivity index (χ1) is 14.6. The molecule has 0 radical (unpaired) electrons. The van der Waals surface area contributed by atoms with E-state index in [2.05, 4.69) is 15.2 Å². The molecule has 0 aliphatic carbocycles. The van der Waals surface area contributed by atoms with Gasteiger partial charge < -0.3 is 19.7 Å². The minimum absolute atomic E-state index is 0.00957. The van der Waals surface area contributed by atoms with Crippen LogP contribution in [0.3, 0.4) is 0 Å². The van der Waals surface area contributed by atoms with Crippen LogP contribution in [0.15, 0.2) is 18.2 Å². The van der Waals surface area contributed by atoms with Crippen molar-refractivity contribution in [1.29, 1.82) is 0 Å². The molecule has 2 aliphatic heterocycles. The number of benzene rings is 1. The fourth-order valence-corrected chi connectivity index (χ4v) is 5.80. The van der Waals surface area contributed by atoms with E-state index in [0.29, 0.717) is 28.3 Å². The average molecular weight is 430 g/mol. The Morgan fingerprint density at radius 3 is 2.77 bits per heavy atom. The number of thiazole rings is 1. The van der Waals surface area contributed by atoms with Crippen LogP contribution in [-0.4, -0.2) is 55.7 Å². The zero-order valence-electron chi connectivity index (χ0n) is 18.1. The largest absolute Gasteiger partial charge is 0.493 e. The van der Waals surface area contributed by atoms with Crippen LogP contribution in [-0.2, 0) is 0 Å². The quantitative estimate of drug-likeness (QED) is 0.748. The number of nitrogens with zero attached hydrogens (tertiary/aromatic N) is 2. The van der Waals surface area contributed by atoms with Gasteiger partial charge in [-0.25, -0.2) is 4.98 Å². The van der Waals surface area contributed by atoms with Gasteiger partial charge in [-0.2, -0.15) is 0 Å². The molecule has 2 atom stereocenters. The molecule has 0 spiro atoms. The Kier molecular flexibility index (Phi) is 6.58. The Morgan fingerprint density at radius 1 is 1.17 bits per heavy atom. The first-order valence-corrected chi connectivity index (χ1v) is 11.6. The molecule has 2 fully saturated rings. The summed E-state index contributed by atoms with van der Waals surface area (Å²) in [6, 6.07) is 6.35. The normalized spacial score (nSPS) is 21.7. The Balaban J connectivity index is 1.44. The number of hydrogen-bond donors (Lipinski definition) is 1. The summed E-state index contributed by atoms with van der Waals surface area (Å²) in [6.45, 7) is 5.09. The zero-order valence-corrected chi connectivity index (χ0v) is 18.9. The third kappa shape index (κ3) is 4.32. The van der Waals surface area contributed by atoms with Crippen molar-refractivity contribution >= 4 is 17.2 Å². The summed E-state index contributed by atoms with van der Waals surface area (Å²) in [7, 11) is 3.23. The molecule has 2 saturated heterocycles. The van der Waals surface area contributed by atoms with E-state index in [1.807, 2.05) is 25.1 Å². The summed E-state index contributed by atoms with van der Waals surface area (Å²) < 4.78 is 10.7. The highest BCUT2D eigenvalue weighted by Crippen LogP contribution is 2.35. The third-order valence-electron chi connectivity index (χ3n) is 6.39. The number of fused-ring (bicyclic) bond motifs is 1. The highest BCUT2D eigenvalue weighted by atomic mass is 32.1. The van der Waals surface area contributed by atoms with Crippen molar-refractivity contribution in [1.82, 2.24) is 15.2 Å². The molecule has 2 aromatic rings. The summed E-state index contributed by atoms with van der Waals surface area (Å²) in [4.78, 5) is 20.9. The predicted molar refractivity (Wildman–Crippen MR) is 120 cm³/mol. The molecule has 0 saturated carbocycles. The summed E-state index contributed by atoms with van der Waals surface area (Å²) in [5.74, 6) is 1.88. The Labute approximate surface area is 182 Å². The van der Waals surface area contributed by atoms with Crippen LogP contribution in [0.2, 0.25) is 0 Å². The predicted octanol–water partition coefficient (Wildman–Crippen LogP) is 4.13. The van der Waals surface area contributed by atoms with Crippen molar-refractivity contribution in [2.75, 3.05) is 33.9 Å². The number of rotatable bonds is 6. The van der Waals surface area contributed by atoms with Crippen molar-refractivity contribution in [3.63, 3.8) is 0 Å². The third-order valence-corrected chi connectivity index (χ3v) is 7.59. The van der Waals surface area contributed by atoms with Gasteiger partial charge in [0.05, 0.1) is 19.9 Å². The number of amides is 1. The highest BCUT2D eigenvalue weighted by Gasteiger charge is 2.33. The summed E-state index contributed by atoms with van der Waals surface area (Å²) in [5, 5.41) is 4.02. The molecule has 0 bridgehead atoms. The lowest BCUT2D eigenvalue weighted by Crippen LogP contribution is -2.50. The second-order valence-corrected chi connectivity index (χ2v) is 9.21. The number of methoxy groups -OCH3 is 2. The lowest BCUT2D eigenvalue weighted by atomic mass is 9.83. The smallest absolute Gasteiger partial charge is 0.263 e. The van der Waals surface area contributed by atoms with Gasteiger partial charge >= 0.3 is 0 Å². The molecule has 4 rings (SSSR count). The van der Waals surface area contributed by atoms with Crippen LogP contribution >= 0.6 is 11.3 Å². The molecule has 1 N–H and O–H groups in total. The first kappa shape index (κ1) is 21.1. The van der Waals surface area contributed by atoms with E-state index in [1.54, 1.807) is 14.2 Å². The van der Waals surface area contributed by atoms with Gasteiger partial charge in [0.25, 0.3) is 5.91 Å². The second-order valence-electron chi connectivity index (χ2n) is 8.21. The highest BCUT2D eigenvalue weighted by molar-refractivity contribution is 7.17. The minimum Gasteiger partial charge on any atom is -0.493 e. The van der Waals surface area contributed by atoms with Gasteiger partial charge in [-0.3, -0.25) is 4.79 Å². The molecule has 6 nitrogen and oxygen atoms in total. The van der Waals surface area contributed by atoms with Crippen LogP contribution in [0, 0.1) is 12.8 Å². The number of ether oxygens (including phenoxy) is 2. The number of nitrogens with one attached hydrogen (secondary N) is 1. The Hall–Kier alpha value is -2.12. The van der Waals surface area contributed by atoms with Crippen LogP contribution in [0.5, 0.6) is 11.5 Å². The lowest BCUT2D eigenvalue weighted by molar-refractivity contribution is 0.0576. The number of piperidine rings is 2. The molecule has 1 amide bonds. The molecule has 1 aromatic carbocycles. The zero-order chi connectivity index (χ0) is 21.1. The molecule has 2 aliphatic rings. The van der Waals surface area contributed by atoms with Gasteiger partial charge in [0.1, 0.15) is 9.88 Å². The lowest BCUT2D eigenvalue weighted by Gasteiger charge is -2.44. The van der Waals surface area contributed by atoms with E-state index >= 15 is 0 Å². The fourth-order valence-electron chi connectivity index (χ4n) is 4.82. The van der Waals surface area contributed by atoms with E-state index in [0.717, 1.165) is 22.8 Å². The fraction of sp³-hybridized carbons (Fsp3) is 0.565. The van der Waals surface area contributed by atoms with E-state index in [-0.39, 0.29) is 5.91 Å². The van der Waals surface area contributed by atoms with Crippen LogP contribution in [0.4, 0.5) is 0 Å². The van der Waals surface area contributed by atoms with Gasteiger partial charge in [-0.05, 0) is 69.8 Å². The van der Waals surface area contributed by atoms with Crippen molar-refractivity contribution in [2.24, 2.45) is 5.92 Å². The molecule has 3 heterocycles. The number of aromatic nitrogens is 1. The standard InChI is InChI=1S/C23H31N3O3S/c1-15-21(30-23(25-15)16-9-10-19(28-2)20(13-16)29-3)22(27)24-14-17-7-6-12-26-11-5-4-8-18(17)26/h9-10,13,17-18H,4-8,11-12,14H2,1-3H3,(H,24,27). The number of aryl methyl sites for hydroxylation is 1. The van der Waals surface area contributed by atoms with Gasteiger partial charge in [0.15, 0.2) is 11.5 Å². The molecule has 7 heteroatoms. The van der Waals surface area contributed by atoms with Crippen LogP contribution in [0.1, 0.15) is 47.5 Å². The van der Waals surface area contributed by atoms with Crippen molar-refractivity contribution < 1.29 is 14.3 Å². The molecular formula is C23H31N3O3S. The van der Waals surface area contributed by atoms with Crippen LogP contribution < -0.4 is 14.8 Å².